The Kier molecular flexibility index (Phi) is 6.04. The van der Waals surface area contributed by atoms with Crippen molar-refractivity contribution in [3.05, 3.63) is 71.1 Å². The van der Waals surface area contributed by atoms with Crippen molar-refractivity contribution in [1.82, 2.24) is 14.5 Å². The molecule has 0 amide bonds. The fraction of sp³-hybridized carbons (Fsp3) is 0.280. The highest BCUT2D eigenvalue weighted by molar-refractivity contribution is 5.87. The second-order valence-corrected chi connectivity index (χ2v) is 7.77. The molecule has 0 atom stereocenters. The van der Waals surface area contributed by atoms with Gasteiger partial charge in [-0.1, -0.05) is 0 Å². The predicted octanol–water partition coefficient (Wildman–Crippen LogP) is 4.56. The Balaban J connectivity index is 1.75. The zero-order valence-corrected chi connectivity index (χ0v) is 18.4. The van der Waals surface area contributed by atoms with Crippen molar-refractivity contribution in [2.24, 2.45) is 7.05 Å². The zero-order chi connectivity index (χ0) is 22.7. The molecule has 0 aliphatic rings. The van der Waals surface area contributed by atoms with Gasteiger partial charge in [-0.05, 0) is 66.8 Å². The number of benzene rings is 1. The maximum absolute atomic E-state index is 11.7. The molecule has 0 spiro atoms. The molecule has 0 fully saturated rings. The number of pyridine rings is 1. The molecule has 0 aliphatic heterocycles. The van der Waals surface area contributed by atoms with E-state index in [-0.39, 0.29) is 5.76 Å². The Bertz CT molecular complexity index is 1330. The predicted molar refractivity (Wildman–Crippen MR) is 120 cm³/mol. The average Bonchev–Trinajstić information content (AvgIpc) is 3.44. The first kappa shape index (κ1) is 21.3. The number of nitriles is 1. The van der Waals surface area contributed by atoms with Crippen molar-refractivity contribution in [3.63, 3.8) is 0 Å². The summed E-state index contributed by atoms with van der Waals surface area (Å²) in [6.07, 6.45) is 6.09. The van der Waals surface area contributed by atoms with Gasteiger partial charge in [0.15, 0.2) is 0 Å². The first-order chi connectivity index (χ1) is 15.5. The second-order valence-electron chi connectivity index (χ2n) is 7.77. The van der Waals surface area contributed by atoms with Gasteiger partial charge in [0.25, 0.3) is 0 Å². The van der Waals surface area contributed by atoms with Gasteiger partial charge in [0, 0.05) is 25.3 Å². The lowest BCUT2D eigenvalue weighted by molar-refractivity contribution is 0.0563. The van der Waals surface area contributed by atoms with E-state index in [1.807, 2.05) is 11.6 Å². The Morgan fingerprint density at radius 3 is 2.75 bits per heavy atom. The number of ether oxygens (including phenoxy) is 1. The molecule has 1 aromatic carbocycles. The van der Waals surface area contributed by atoms with Crippen LogP contribution in [0.5, 0.6) is 0 Å². The minimum absolute atomic E-state index is 0.201. The number of hydrogen-bond donors (Lipinski definition) is 0. The summed E-state index contributed by atoms with van der Waals surface area (Å²) in [5.41, 5.74) is 6.10. The number of methoxy groups -OCH3 is 1. The molecule has 3 aromatic heterocycles. The average molecular weight is 428 g/mol. The quantitative estimate of drug-likeness (QED) is 0.401. The number of esters is 1. The van der Waals surface area contributed by atoms with E-state index in [0.29, 0.717) is 31.4 Å². The van der Waals surface area contributed by atoms with Gasteiger partial charge in [0.05, 0.1) is 42.6 Å². The lowest BCUT2D eigenvalue weighted by Crippen LogP contribution is -2.00. The molecular weight excluding hydrogens is 404 g/mol. The lowest BCUT2D eigenvalue weighted by Gasteiger charge is -2.13. The first-order valence-corrected chi connectivity index (χ1v) is 10.4. The van der Waals surface area contributed by atoms with Gasteiger partial charge in [-0.25, -0.2) is 14.8 Å². The van der Waals surface area contributed by atoms with E-state index in [1.54, 1.807) is 24.7 Å². The molecular formula is C25H24N4O3. The van der Waals surface area contributed by atoms with Crippen LogP contribution in [0.15, 0.2) is 47.3 Å². The molecule has 0 saturated carbocycles. The highest BCUT2D eigenvalue weighted by Gasteiger charge is 2.15. The zero-order valence-electron chi connectivity index (χ0n) is 18.4. The first-order valence-electron chi connectivity index (χ1n) is 10.4. The van der Waals surface area contributed by atoms with Crippen molar-refractivity contribution in [1.29, 1.82) is 5.26 Å². The smallest absolute Gasteiger partial charge is 0.373 e. The molecule has 4 aromatic rings. The summed E-state index contributed by atoms with van der Waals surface area (Å²) in [5, 5.41) is 10.1. The molecule has 162 valence electrons. The summed E-state index contributed by atoms with van der Waals surface area (Å²) < 4.78 is 12.3. The van der Waals surface area contributed by atoms with Gasteiger partial charge in [-0.15, -0.1) is 0 Å². The summed E-state index contributed by atoms with van der Waals surface area (Å²) in [6.45, 7) is 2.06. The van der Waals surface area contributed by atoms with E-state index < -0.39 is 5.97 Å². The molecule has 0 unspecified atom stereocenters. The van der Waals surface area contributed by atoms with Gasteiger partial charge in [0.1, 0.15) is 5.76 Å². The fourth-order valence-electron chi connectivity index (χ4n) is 3.87. The van der Waals surface area contributed by atoms with Gasteiger partial charge >= 0.3 is 5.97 Å². The Morgan fingerprint density at radius 1 is 1.19 bits per heavy atom. The molecule has 0 aliphatic carbocycles. The standard InChI is InChI=1S/C25H24N4O3/c1-16-11-21-20(12-17(16)5-4-10-26)18(13-22(28-21)23-14-27-15-29(23)2)6-7-19-8-9-24(32-19)25(30)31-3/h8-9,11-15H,4-7H2,1-3H3. The van der Waals surface area contributed by atoms with Crippen LogP contribution in [0.2, 0.25) is 0 Å². The monoisotopic (exact) mass is 428 g/mol. The minimum Gasteiger partial charge on any atom is -0.463 e. The third kappa shape index (κ3) is 4.26. The van der Waals surface area contributed by atoms with Crippen LogP contribution in [-0.4, -0.2) is 27.6 Å². The van der Waals surface area contributed by atoms with Crippen molar-refractivity contribution >= 4 is 16.9 Å². The Labute approximate surface area is 186 Å². The number of fused-ring (bicyclic) bond motifs is 1. The van der Waals surface area contributed by atoms with Crippen molar-refractivity contribution in [2.75, 3.05) is 7.11 Å². The molecule has 7 nitrogen and oxygen atoms in total. The van der Waals surface area contributed by atoms with Gasteiger partial charge in [-0.2, -0.15) is 5.26 Å². The van der Waals surface area contributed by atoms with Gasteiger partial charge in [-0.3, -0.25) is 0 Å². The van der Waals surface area contributed by atoms with E-state index in [1.165, 1.54) is 7.11 Å². The summed E-state index contributed by atoms with van der Waals surface area (Å²) in [7, 11) is 3.28. The fourth-order valence-corrected chi connectivity index (χ4v) is 3.87. The van der Waals surface area contributed by atoms with Gasteiger partial charge in [0.2, 0.25) is 5.76 Å². The van der Waals surface area contributed by atoms with Crippen LogP contribution in [0.1, 0.15) is 39.4 Å². The van der Waals surface area contributed by atoms with Crippen LogP contribution < -0.4 is 0 Å². The van der Waals surface area contributed by atoms with E-state index in [0.717, 1.165) is 39.0 Å². The largest absolute Gasteiger partial charge is 0.463 e. The number of nitrogens with zero attached hydrogens (tertiary/aromatic N) is 4. The molecule has 32 heavy (non-hydrogen) atoms. The molecule has 4 rings (SSSR count). The van der Waals surface area contributed by atoms with Crippen molar-refractivity contribution < 1.29 is 13.9 Å². The Morgan fingerprint density at radius 2 is 2.03 bits per heavy atom. The van der Waals surface area contributed by atoms with E-state index >= 15 is 0 Å². The molecule has 7 heteroatoms. The molecule has 0 bridgehead atoms. The minimum atomic E-state index is -0.485. The number of furan rings is 1. The number of aromatic nitrogens is 3. The summed E-state index contributed by atoms with van der Waals surface area (Å²) in [4.78, 5) is 20.8. The van der Waals surface area contributed by atoms with E-state index in [4.69, 9.17) is 19.4 Å². The van der Waals surface area contributed by atoms with Crippen LogP contribution in [0.3, 0.4) is 0 Å². The van der Waals surface area contributed by atoms with E-state index in [9.17, 15) is 4.79 Å². The molecule has 3 heterocycles. The maximum atomic E-state index is 11.7. The summed E-state index contributed by atoms with van der Waals surface area (Å²) in [5.74, 6) is 0.433. The van der Waals surface area contributed by atoms with Crippen LogP contribution >= 0.6 is 0 Å². The molecule has 0 saturated heterocycles. The molecule has 0 N–H and O–H groups in total. The third-order valence-corrected chi connectivity index (χ3v) is 5.63. The van der Waals surface area contributed by atoms with Crippen molar-refractivity contribution in [2.45, 2.75) is 32.6 Å². The summed E-state index contributed by atoms with van der Waals surface area (Å²) >= 11 is 0. The second kappa shape index (κ2) is 9.06. The number of rotatable bonds is 7. The van der Waals surface area contributed by atoms with Crippen molar-refractivity contribution in [3.8, 4) is 17.5 Å². The maximum Gasteiger partial charge on any atom is 0.373 e. The van der Waals surface area contributed by atoms with Gasteiger partial charge < -0.3 is 13.7 Å². The number of aryl methyl sites for hydroxylation is 5. The summed E-state index contributed by atoms with van der Waals surface area (Å²) in [6, 6.07) is 12.0. The number of carbonyl (C=O) groups is 1. The SMILES string of the molecule is COC(=O)c1ccc(CCc2cc(-c3cncn3C)nc3cc(C)c(CCC#N)cc23)o1. The van der Waals surface area contributed by atoms with Crippen LogP contribution in [0.25, 0.3) is 22.3 Å². The number of imidazole rings is 1. The molecule has 0 radical (unpaired) electrons. The Hall–Kier alpha value is -3.92. The topological polar surface area (TPSA) is 93.9 Å². The highest BCUT2D eigenvalue weighted by atomic mass is 16.5. The van der Waals surface area contributed by atoms with Crippen LogP contribution in [-0.2, 0) is 31.0 Å². The van der Waals surface area contributed by atoms with E-state index in [2.05, 4.69) is 36.2 Å². The normalized spacial score (nSPS) is 10.9. The third-order valence-electron chi connectivity index (χ3n) is 5.63. The van der Waals surface area contributed by atoms with Crippen LogP contribution in [0.4, 0.5) is 0 Å². The highest BCUT2D eigenvalue weighted by Crippen LogP contribution is 2.28. The number of hydrogen-bond acceptors (Lipinski definition) is 6. The number of carbonyl (C=O) groups excluding carboxylic acids is 1. The van der Waals surface area contributed by atoms with Crippen LogP contribution in [0, 0.1) is 18.3 Å². The lowest BCUT2D eigenvalue weighted by atomic mass is 9.96.